The minimum Gasteiger partial charge on any atom is -0.379 e. The van der Waals surface area contributed by atoms with Crippen LogP contribution in [-0.2, 0) is 16.7 Å². The fourth-order valence-corrected chi connectivity index (χ4v) is 4.26. The van der Waals surface area contributed by atoms with Crippen molar-refractivity contribution < 1.29 is 22.2 Å². The molecule has 3 aromatic carbocycles. The van der Waals surface area contributed by atoms with Crippen LogP contribution in [0.25, 0.3) is 0 Å². The molecular formula is C24H24N2O5S. The van der Waals surface area contributed by atoms with Crippen molar-refractivity contribution in [3.8, 4) is 5.75 Å². The Morgan fingerprint density at radius 2 is 1.44 bits per heavy atom. The predicted molar refractivity (Wildman–Crippen MR) is 121 cm³/mol. The molecule has 0 atom stereocenters. The molecule has 2 N–H and O–H groups in total. The summed E-state index contributed by atoms with van der Waals surface area (Å²) in [5, 5.41) is 5.34. The lowest BCUT2D eigenvalue weighted by molar-refractivity contribution is 0.0946. The lowest BCUT2D eigenvalue weighted by Crippen LogP contribution is -2.23. The van der Waals surface area contributed by atoms with E-state index in [1.54, 1.807) is 50.4 Å². The van der Waals surface area contributed by atoms with Crippen molar-refractivity contribution in [1.29, 1.82) is 0 Å². The van der Waals surface area contributed by atoms with Crippen LogP contribution in [0.15, 0.2) is 71.6 Å². The molecule has 0 aliphatic rings. The quantitative estimate of drug-likeness (QED) is 0.535. The molecule has 0 unspecified atom stereocenters. The maximum atomic E-state index is 12.6. The third-order valence-corrected chi connectivity index (χ3v) is 6.22. The number of carbonyl (C=O) groups excluding carboxylic acids is 2. The zero-order valence-corrected chi connectivity index (χ0v) is 18.8. The summed E-state index contributed by atoms with van der Waals surface area (Å²) < 4.78 is 30.5. The van der Waals surface area contributed by atoms with Crippen molar-refractivity contribution in [3.05, 3.63) is 94.5 Å². The molecule has 3 rings (SSSR count). The van der Waals surface area contributed by atoms with Crippen LogP contribution in [0.4, 0.5) is 0 Å². The number of amides is 2. The molecule has 0 spiro atoms. The number of hydrogen-bond donors (Lipinski definition) is 2. The molecule has 3 aromatic rings. The molecule has 0 bridgehead atoms. The second-order valence-electron chi connectivity index (χ2n) is 7.29. The van der Waals surface area contributed by atoms with E-state index in [2.05, 4.69) is 10.6 Å². The molecule has 0 fully saturated rings. The fraction of sp³-hybridized carbons (Fsp3) is 0.167. The highest BCUT2D eigenvalue weighted by Crippen LogP contribution is 2.22. The van der Waals surface area contributed by atoms with E-state index in [-0.39, 0.29) is 29.0 Å². The normalized spacial score (nSPS) is 11.0. The number of rotatable bonds is 7. The third kappa shape index (κ3) is 5.53. The van der Waals surface area contributed by atoms with Crippen LogP contribution in [0.2, 0.25) is 0 Å². The average molecular weight is 453 g/mol. The Labute approximate surface area is 187 Å². The van der Waals surface area contributed by atoms with Gasteiger partial charge in [-0.2, -0.15) is 8.42 Å². The van der Waals surface area contributed by atoms with Crippen LogP contribution in [0.3, 0.4) is 0 Å². The average Bonchev–Trinajstić information content (AvgIpc) is 2.79. The van der Waals surface area contributed by atoms with Gasteiger partial charge in [-0.25, -0.2) is 0 Å². The van der Waals surface area contributed by atoms with Crippen molar-refractivity contribution in [1.82, 2.24) is 10.6 Å². The second kappa shape index (κ2) is 9.65. The highest BCUT2D eigenvalue weighted by atomic mass is 32.2. The highest BCUT2D eigenvalue weighted by Gasteiger charge is 2.19. The van der Waals surface area contributed by atoms with E-state index >= 15 is 0 Å². The molecule has 0 heterocycles. The van der Waals surface area contributed by atoms with E-state index in [4.69, 9.17) is 4.18 Å². The molecule has 8 heteroatoms. The van der Waals surface area contributed by atoms with E-state index in [9.17, 15) is 18.0 Å². The Morgan fingerprint density at radius 3 is 2.06 bits per heavy atom. The summed E-state index contributed by atoms with van der Waals surface area (Å²) in [4.78, 5) is 24.1. The Bertz CT molecular complexity index is 1230. The van der Waals surface area contributed by atoms with Gasteiger partial charge in [-0.3, -0.25) is 9.59 Å². The smallest absolute Gasteiger partial charge is 0.339 e. The minimum absolute atomic E-state index is 0.113. The first-order valence-corrected chi connectivity index (χ1v) is 11.3. The van der Waals surface area contributed by atoms with Crippen molar-refractivity contribution >= 4 is 21.9 Å². The maximum absolute atomic E-state index is 12.6. The van der Waals surface area contributed by atoms with Crippen LogP contribution in [0, 0.1) is 13.8 Å². The van der Waals surface area contributed by atoms with Crippen LogP contribution < -0.4 is 14.8 Å². The van der Waals surface area contributed by atoms with E-state index in [1.165, 1.54) is 24.3 Å². The molecule has 2 amide bonds. The van der Waals surface area contributed by atoms with E-state index in [1.807, 2.05) is 13.0 Å². The van der Waals surface area contributed by atoms with Crippen molar-refractivity contribution in [2.24, 2.45) is 0 Å². The zero-order valence-electron chi connectivity index (χ0n) is 18.0. The van der Waals surface area contributed by atoms with Gasteiger partial charge in [0, 0.05) is 24.7 Å². The van der Waals surface area contributed by atoms with Gasteiger partial charge in [0.1, 0.15) is 10.6 Å². The van der Waals surface area contributed by atoms with Gasteiger partial charge in [-0.05, 0) is 73.0 Å². The molecule has 32 heavy (non-hydrogen) atoms. The summed E-state index contributed by atoms with van der Waals surface area (Å²) in [6.45, 7) is 3.80. The van der Waals surface area contributed by atoms with Crippen LogP contribution in [0.5, 0.6) is 5.75 Å². The Hall–Kier alpha value is -3.65. The van der Waals surface area contributed by atoms with Gasteiger partial charge in [-0.1, -0.05) is 24.3 Å². The number of hydrogen-bond acceptors (Lipinski definition) is 5. The van der Waals surface area contributed by atoms with Crippen LogP contribution in [-0.4, -0.2) is 27.3 Å². The topological polar surface area (TPSA) is 102 Å². The lowest BCUT2D eigenvalue weighted by Gasteiger charge is -2.11. The number of aryl methyl sites for hydroxylation is 2. The molecule has 0 aliphatic carbocycles. The highest BCUT2D eigenvalue weighted by molar-refractivity contribution is 7.87. The summed E-state index contributed by atoms with van der Waals surface area (Å²) in [5.74, 6) is -0.376. The van der Waals surface area contributed by atoms with Crippen LogP contribution in [0.1, 0.15) is 37.4 Å². The van der Waals surface area contributed by atoms with E-state index in [0.29, 0.717) is 16.7 Å². The summed E-state index contributed by atoms with van der Waals surface area (Å²) in [7, 11) is -2.43. The Balaban J connectivity index is 1.63. The van der Waals surface area contributed by atoms with Crippen molar-refractivity contribution in [3.63, 3.8) is 0 Å². The van der Waals surface area contributed by atoms with Crippen molar-refractivity contribution in [2.45, 2.75) is 25.3 Å². The Kier molecular flexibility index (Phi) is 6.95. The van der Waals surface area contributed by atoms with Gasteiger partial charge < -0.3 is 14.8 Å². The molecule has 0 saturated heterocycles. The predicted octanol–water partition coefficient (Wildman–Crippen LogP) is 3.36. The van der Waals surface area contributed by atoms with E-state index in [0.717, 1.165) is 11.1 Å². The molecule has 0 radical (unpaired) electrons. The fourth-order valence-electron chi connectivity index (χ4n) is 3.01. The largest absolute Gasteiger partial charge is 0.379 e. The monoisotopic (exact) mass is 452 g/mol. The SMILES string of the molecule is CNC(=O)c1ccc(CNC(=O)c2ccc(OS(=O)(=O)c3cc(C)ccc3C)cc2)cc1. The van der Waals surface area contributed by atoms with Gasteiger partial charge in [-0.15, -0.1) is 0 Å². The second-order valence-corrected chi connectivity index (χ2v) is 8.80. The lowest BCUT2D eigenvalue weighted by atomic mass is 10.1. The molecule has 0 saturated carbocycles. The number of nitrogens with one attached hydrogen (secondary N) is 2. The first-order valence-electron chi connectivity index (χ1n) is 9.90. The van der Waals surface area contributed by atoms with Gasteiger partial charge in [0.15, 0.2) is 0 Å². The standard InChI is InChI=1S/C24H24N2O5S/c1-16-4-5-17(2)22(14-16)32(29,30)31-21-12-10-20(11-13-21)24(28)26-15-18-6-8-19(9-7-18)23(27)25-3/h4-14H,15H2,1-3H3,(H,25,27)(H,26,28). The summed E-state index contributed by atoms with van der Waals surface area (Å²) in [5.41, 5.74) is 3.14. The summed E-state index contributed by atoms with van der Waals surface area (Å²) in [6, 6.07) is 17.9. The molecule has 0 aromatic heterocycles. The third-order valence-electron chi connectivity index (χ3n) is 4.83. The zero-order chi connectivity index (χ0) is 23.3. The van der Waals surface area contributed by atoms with Crippen LogP contribution >= 0.6 is 0 Å². The molecule has 7 nitrogen and oxygen atoms in total. The number of carbonyl (C=O) groups is 2. The van der Waals surface area contributed by atoms with Crippen molar-refractivity contribution in [2.75, 3.05) is 7.05 Å². The van der Waals surface area contributed by atoms with E-state index < -0.39 is 10.1 Å². The van der Waals surface area contributed by atoms with Gasteiger partial charge >= 0.3 is 10.1 Å². The van der Waals surface area contributed by atoms with Gasteiger partial charge in [0.05, 0.1) is 0 Å². The molecule has 0 aliphatic heterocycles. The maximum Gasteiger partial charge on any atom is 0.339 e. The minimum atomic E-state index is -3.99. The molecule has 166 valence electrons. The first-order chi connectivity index (χ1) is 15.2. The summed E-state index contributed by atoms with van der Waals surface area (Å²) in [6.07, 6.45) is 0. The Morgan fingerprint density at radius 1 is 0.844 bits per heavy atom. The number of benzene rings is 3. The first kappa shape index (κ1) is 23.0. The van der Waals surface area contributed by atoms with Gasteiger partial charge in [0.2, 0.25) is 0 Å². The van der Waals surface area contributed by atoms with Gasteiger partial charge in [0.25, 0.3) is 11.8 Å². The molecular weight excluding hydrogens is 428 g/mol. The summed E-state index contributed by atoms with van der Waals surface area (Å²) >= 11 is 0.